The normalized spacial score (nSPS) is 22.7. The Balaban J connectivity index is 1.96. The van der Waals surface area contributed by atoms with Crippen LogP contribution < -0.4 is 15.8 Å². The molecule has 1 aliphatic carbocycles. The predicted octanol–water partition coefficient (Wildman–Crippen LogP) is 1.42. The molecular formula is C13H22N4O2. The first-order chi connectivity index (χ1) is 9.06. The fourth-order valence-corrected chi connectivity index (χ4v) is 2.31. The second-order valence-electron chi connectivity index (χ2n) is 5.32. The van der Waals surface area contributed by atoms with Crippen molar-refractivity contribution in [2.24, 2.45) is 5.92 Å². The first kappa shape index (κ1) is 13.9. The summed E-state index contributed by atoms with van der Waals surface area (Å²) in [5.41, 5.74) is 6.42. The van der Waals surface area contributed by atoms with Gasteiger partial charge >= 0.3 is 0 Å². The molecule has 2 atom stereocenters. The van der Waals surface area contributed by atoms with Gasteiger partial charge in [0.05, 0.1) is 12.2 Å². The Morgan fingerprint density at radius 1 is 1.47 bits per heavy atom. The van der Waals surface area contributed by atoms with Crippen LogP contribution in [0.5, 0.6) is 5.88 Å². The van der Waals surface area contributed by atoms with Gasteiger partial charge in [-0.05, 0) is 39.0 Å². The molecule has 0 aliphatic heterocycles. The van der Waals surface area contributed by atoms with E-state index in [1.807, 2.05) is 13.8 Å². The molecule has 6 nitrogen and oxygen atoms in total. The van der Waals surface area contributed by atoms with Crippen molar-refractivity contribution < 1.29 is 9.84 Å². The minimum Gasteiger partial charge on any atom is -0.473 e. The van der Waals surface area contributed by atoms with Gasteiger partial charge in [0.1, 0.15) is 12.0 Å². The van der Waals surface area contributed by atoms with Crippen LogP contribution in [-0.2, 0) is 0 Å². The van der Waals surface area contributed by atoms with Crippen LogP contribution in [0.15, 0.2) is 6.33 Å². The number of ether oxygens (including phenoxy) is 1. The van der Waals surface area contributed by atoms with E-state index in [4.69, 9.17) is 10.5 Å². The molecule has 0 saturated heterocycles. The minimum atomic E-state index is -0.158. The zero-order chi connectivity index (χ0) is 13.8. The molecular weight excluding hydrogens is 244 g/mol. The van der Waals surface area contributed by atoms with E-state index >= 15 is 0 Å². The topological polar surface area (TPSA) is 93.3 Å². The minimum absolute atomic E-state index is 0.0232. The highest BCUT2D eigenvalue weighted by Crippen LogP contribution is 2.28. The van der Waals surface area contributed by atoms with Gasteiger partial charge in [-0.2, -0.15) is 4.98 Å². The molecule has 0 spiro atoms. The number of nitrogens with two attached hydrogens (primary N) is 1. The van der Waals surface area contributed by atoms with Crippen LogP contribution in [0.3, 0.4) is 0 Å². The van der Waals surface area contributed by atoms with Gasteiger partial charge in [0.25, 0.3) is 0 Å². The fraction of sp³-hybridized carbons (Fsp3) is 0.692. The molecule has 1 heterocycles. The van der Waals surface area contributed by atoms with Crippen LogP contribution in [0.1, 0.15) is 33.1 Å². The molecule has 2 unspecified atom stereocenters. The second-order valence-corrected chi connectivity index (χ2v) is 5.32. The van der Waals surface area contributed by atoms with E-state index in [0.29, 0.717) is 23.3 Å². The molecule has 6 heteroatoms. The molecule has 1 fully saturated rings. The number of aliphatic hydroxyl groups excluding tert-OH is 1. The Morgan fingerprint density at radius 3 is 2.89 bits per heavy atom. The first-order valence-electron chi connectivity index (χ1n) is 6.75. The average molecular weight is 266 g/mol. The van der Waals surface area contributed by atoms with Crippen LogP contribution in [-0.4, -0.2) is 33.8 Å². The molecule has 1 aliphatic rings. The number of hydrogen-bond acceptors (Lipinski definition) is 6. The molecule has 1 aromatic heterocycles. The third-order valence-electron chi connectivity index (χ3n) is 3.27. The SMILES string of the molecule is CC(C)Oc1ncnc(NCC2CCC(O)C2)c1N. The number of hydrogen-bond donors (Lipinski definition) is 3. The lowest BCUT2D eigenvalue weighted by molar-refractivity contribution is 0.178. The van der Waals surface area contributed by atoms with E-state index in [-0.39, 0.29) is 12.2 Å². The molecule has 4 N–H and O–H groups in total. The van der Waals surface area contributed by atoms with Gasteiger partial charge < -0.3 is 20.9 Å². The van der Waals surface area contributed by atoms with Crippen molar-refractivity contribution in [2.45, 2.75) is 45.3 Å². The van der Waals surface area contributed by atoms with E-state index in [0.717, 1.165) is 25.8 Å². The smallest absolute Gasteiger partial charge is 0.242 e. The highest BCUT2D eigenvalue weighted by molar-refractivity contribution is 5.66. The number of aliphatic hydroxyl groups is 1. The average Bonchev–Trinajstić information content (AvgIpc) is 2.76. The second kappa shape index (κ2) is 6.06. The number of rotatable bonds is 5. The van der Waals surface area contributed by atoms with Gasteiger partial charge in [-0.1, -0.05) is 0 Å². The molecule has 19 heavy (non-hydrogen) atoms. The molecule has 0 bridgehead atoms. The Kier molecular flexibility index (Phi) is 4.42. The summed E-state index contributed by atoms with van der Waals surface area (Å²) in [6, 6.07) is 0. The lowest BCUT2D eigenvalue weighted by atomic mass is 10.1. The van der Waals surface area contributed by atoms with E-state index in [9.17, 15) is 5.11 Å². The van der Waals surface area contributed by atoms with Crippen LogP contribution >= 0.6 is 0 Å². The Bertz CT molecular complexity index is 425. The van der Waals surface area contributed by atoms with Gasteiger partial charge in [-0.3, -0.25) is 0 Å². The predicted molar refractivity (Wildman–Crippen MR) is 74.0 cm³/mol. The van der Waals surface area contributed by atoms with E-state index < -0.39 is 0 Å². The van der Waals surface area contributed by atoms with Gasteiger partial charge in [0.2, 0.25) is 5.88 Å². The largest absolute Gasteiger partial charge is 0.473 e. The maximum absolute atomic E-state index is 9.50. The zero-order valence-corrected chi connectivity index (χ0v) is 11.5. The molecule has 106 valence electrons. The van der Waals surface area contributed by atoms with Crippen LogP contribution in [0.25, 0.3) is 0 Å². The number of aromatic nitrogens is 2. The van der Waals surface area contributed by atoms with Crippen molar-refractivity contribution in [3.8, 4) is 5.88 Å². The lowest BCUT2D eigenvalue weighted by Gasteiger charge is -2.15. The van der Waals surface area contributed by atoms with Crippen LogP contribution in [0.2, 0.25) is 0 Å². The summed E-state index contributed by atoms with van der Waals surface area (Å²) in [5.74, 6) is 1.49. The third kappa shape index (κ3) is 3.70. The fourth-order valence-electron chi connectivity index (χ4n) is 2.31. The number of anilines is 2. The van der Waals surface area contributed by atoms with Gasteiger partial charge in [0, 0.05) is 6.54 Å². The maximum Gasteiger partial charge on any atom is 0.242 e. The Labute approximate surface area is 113 Å². The molecule has 0 radical (unpaired) electrons. The number of nitrogens with one attached hydrogen (secondary N) is 1. The van der Waals surface area contributed by atoms with Gasteiger partial charge in [-0.15, -0.1) is 0 Å². The van der Waals surface area contributed by atoms with E-state index in [1.54, 1.807) is 0 Å². The summed E-state index contributed by atoms with van der Waals surface area (Å²) in [6.45, 7) is 4.61. The highest BCUT2D eigenvalue weighted by atomic mass is 16.5. The summed E-state index contributed by atoms with van der Waals surface area (Å²) < 4.78 is 5.52. The summed E-state index contributed by atoms with van der Waals surface area (Å²) in [7, 11) is 0. The molecule has 0 amide bonds. The zero-order valence-electron chi connectivity index (χ0n) is 11.5. The first-order valence-corrected chi connectivity index (χ1v) is 6.75. The Morgan fingerprint density at radius 2 is 2.26 bits per heavy atom. The monoisotopic (exact) mass is 266 g/mol. The van der Waals surface area contributed by atoms with Crippen molar-refractivity contribution in [1.29, 1.82) is 0 Å². The summed E-state index contributed by atoms with van der Waals surface area (Å²) in [5, 5.41) is 12.7. The highest BCUT2D eigenvalue weighted by Gasteiger charge is 2.23. The van der Waals surface area contributed by atoms with Crippen molar-refractivity contribution in [3.05, 3.63) is 6.33 Å². The summed E-state index contributed by atoms with van der Waals surface area (Å²) in [4.78, 5) is 8.17. The quantitative estimate of drug-likeness (QED) is 0.746. The summed E-state index contributed by atoms with van der Waals surface area (Å²) in [6.07, 6.45) is 4.07. The van der Waals surface area contributed by atoms with Crippen molar-refractivity contribution in [1.82, 2.24) is 9.97 Å². The maximum atomic E-state index is 9.50. The molecule has 0 aromatic carbocycles. The van der Waals surface area contributed by atoms with Gasteiger partial charge in [0.15, 0.2) is 5.82 Å². The van der Waals surface area contributed by atoms with Crippen LogP contribution in [0.4, 0.5) is 11.5 Å². The lowest BCUT2D eigenvalue weighted by Crippen LogP contribution is -2.16. The standard InChI is InChI=1S/C13H22N4O2/c1-8(2)19-13-11(14)12(16-7-17-13)15-6-9-3-4-10(18)5-9/h7-10,18H,3-6,14H2,1-2H3,(H,15,16,17). The molecule has 1 aromatic rings. The van der Waals surface area contributed by atoms with Gasteiger partial charge in [-0.25, -0.2) is 4.98 Å². The third-order valence-corrected chi connectivity index (χ3v) is 3.27. The van der Waals surface area contributed by atoms with E-state index in [1.165, 1.54) is 6.33 Å². The van der Waals surface area contributed by atoms with Crippen molar-refractivity contribution >= 4 is 11.5 Å². The Hall–Kier alpha value is -1.56. The van der Waals surface area contributed by atoms with E-state index in [2.05, 4.69) is 15.3 Å². The summed E-state index contributed by atoms with van der Waals surface area (Å²) >= 11 is 0. The number of nitrogens with zero attached hydrogens (tertiary/aromatic N) is 2. The van der Waals surface area contributed by atoms with Crippen molar-refractivity contribution in [3.63, 3.8) is 0 Å². The van der Waals surface area contributed by atoms with Crippen molar-refractivity contribution in [2.75, 3.05) is 17.6 Å². The molecule has 1 saturated carbocycles. The molecule has 2 rings (SSSR count). The van der Waals surface area contributed by atoms with Crippen LogP contribution in [0, 0.1) is 5.92 Å². The number of nitrogen functional groups attached to an aromatic ring is 1.